The second kappa shape index (κ2) is 3.59. The van der Waals surface area contributed by atoms with Crippen molar-refractivity contribution in [2.45, 2.75) is 0 Å². The van der Waals surface area contributed by atoms with Gasteiger partial charge in [0, 0.05) is 11.8 Å². The molecule has 2 atom stereocenters. The summed E-state index contributed by atoms with van der Waals surface area (Å²) in [7, 11) is 0. The summed E-state index contributed by atoms with van der Waals surface area (Å²) in [5.74, 6) is 0.939. The van der Waals surface area contributed by atoms with Gasteiger partial charge in [0.1, 0.15) is 0 Å². The molecule has 0 heterocycles. The smallest absolute Gasteiger partial charge is 0.0256 e. The van der Waals surface area contributed by atoms with Crippen LogP contribution < -0.4 is 0 Å². The predicted molar refractivity (Wildman–Crippen MR) is 90.8 cm³/mol. The van der Waals surface area contributed by atoms with Gasteiger partial charge in [0.2, 0.25) is 0 Å². The Kier molecular flexibility index (Phi) is 1.80. The number of benzene rings is 1. The van der Waals surface area contributed by atoms with E-state index in [0.29, 0.717) is 11.8 Å². The third-order valence-corrected chi connectivity index (χ3v) is 5.55. The number of rotatable bonds is 0. The Hall–Kier alpha value is -2.60. The van der Waals surface area contributed by atoms with E-state index in [4.69, 9.17) is 0 Å². The molecule has 22 heavy (non-hydrogen) atoms. The monoisotopic (exact) mass is 278 g/mol. The van der Waals surface area contributed by atoms with Crippen molar-refractivity contribution < 1.29 is 0 Å². The van der Waals surface area contributed by atoms with Crippen LogP contribution >= 0.6 is 0 Å². The molecule has 6 rings (SSSR count). The third kappa shape index (κ3) is 1.06. The Labute approximate surface area is 129 Å². The minimum absolute atomic E-state index is 0.469. The third-order valence-electron chi connectivity index (χ3n) is 5.55. The molecule has 0 N–H and O–H groups in total. The highest BCUT2D eigenvalue weighted by molar-refractivity contribution is 6.15. The summed E-state index contributed by atoms with van der Waals surface area (Å²) in [5, 5.41) is 0. The van der Waals surface area contributed by atoms with Crippen LogP contribution in [0.3, 0.4) is 0 Å². The molecule has 0 amide bonds. The van der Waals surface area contributed by atoms with Crippen LogP contribution in [0.1, 0.15) is 11.1 Å². The maximum absolute atomic E-state index is 2.37. The van der Waals surface area contributed by atoms with Crippen LogP contribution in [0.2, 0.25) is 0 Å². The van der Waals surface area contributed by atoms with Gasteiger partial charge in [-0.05, 0) is 44.6 Å². The first-order valence-electron chi connectivity index (χ1n) is 7.98. The van der Waals surface area contributed by atoms with E-state index < -0.39 is 0 Å². The van der Waals surface area contributed by atoms with Gasteiger partial charge in [-0.25, -0.2) is 0 Å². The zero-order valence-corrected chi connectivity index (χ0v) is 12.1. The normalized spacial score (nSPS) is 28.5. The summed E-state index contributed by atoms with van der Waals surface area (Å²) < 4.78 is 0. The lowest BCUT2D eigenvalue weighted by Crippen LogP contribution is -2.11. The summed E-state index contributed by atoms with van der Waals surface area (Å²) in [6, 6.07) is 8.92. The van der Waals surface area contributed by atoms with E-state index in [0.717, 1.165) is 0 Å². The minimum atomic E-state index is 0.469. The molecule has 5 aliphatic rings. The summed E-state index contributed by atoms with van der Waals surface area (Å²) >= 11 is 0. The van der Waals surface area contributed by atoms with Crippen LogP contribution in [0.5, 0.6) is 0 Å². The Morgan fingerprint density at radius 2 is 1.14 bits per heavy atom. The second-order valence-corrected chi connectivity index (χ2v) is 6.48. The van der Waals surface area contributed by atoms with Crippen molar-refractivity contribution in [1.29, 1.82) is 0 Å². The fourth-order valence-corrected chi connectivity index (χ4v) is 4.81. The molecule has 0 spiro atoms. The summed E-state index contributed by atoms with van der Waals surface area (Å²) in [4.78, 5) is 0. The molecule has 0 bridgehead atoms. The van der Waals surface area contributed by atoms with Gasteiger partial charge in [0.05, 0.1) is 0 Å². The molecule has 1 aromatic carbocycles. The van der Waals surface area contributed by atoms with E-state index >= 15 is 0 Å². The molecule has 0 radical (unpaired) electrons. The van der Waals surface area contributed by atoms with E-state index in [2.05, 4.69) is 72.9 Å². The van der Waals surface area contributed by atoms with Gasteiger partial charge in [-0.1, -0.05) is 72.9 Å². The molecule has 102 valence electrons. The molecule has 1 aromatic rings. The zero-order valence-electron chi connectivity index (χ0n) is 12.1. The summed E-state index contributed by atoms with van der Waals surface area (Å²) in [5.41, 5.74) is 12.0. The van der Waals surface area contributed by atoms with Crippen LogP contribution in [-0.2, 0) is 0 Å². The fraction of sp³-hybridized carbons (Fsp3) is 0.0909. The molecule has 0 saturated heterocycles. The maximum atomic E-state index is 2.37. The van der Waals surface area contributed by atoms with E-state index in [1.807, 2.05) is 0 Å². The van der Waals surface area contributed by atoms with Crippen LogP contribution in [0.25, 0.3) is 11.1 Å². The molecule has 0 saturated carbocycles. The molecule has 0 fully saturated rings. The Morgan fingerprint density at radius 3 is 1.68 bits per heavy atom. The number of hydrogen-bond acceptors (Lipinski definition) is 0. The lowest BCUT2D eigenvalue weighted by atomic mass is 9.81. The van der Waals surface area contributed by atoms with Gasteiger partial charge >= 0.3 is 0 Å². The molecule has 2 unspecified atom stereocenters. The summed E-state index contributed by atoms with van der Waals surface area (Å²) in [6.07, 6.45) is 18.2. The maximum Gasteiger partial charge on any atom is 0.0256 e. The SMILES string of the molecule is C1=CC2=C3C4=C(C2C=C1)C1C=CC=CC1=C4c1ccccc13. The standard InChI is InChI=1S/C22H14/c1-2-8-14-13(7-1)19-15-9-3-4-10-16(15)21-18-12-6-5-11-17(18)20(14)22(19)21/h1-13,15H. The highest BCUT2D eigenvalue weighted by Crippen LogP contribution is 2.63. The molecule has 0 heteroatoms. The highest BCUT2D eigenvalue weighted by atomic mass is 14.5. The first-order valence-corrected chi connectivity index (χ1v) is 7.98. The Bertz CT molecular complexity index is 890. The first-order chi connectivity index (χ1) is 10.9. The summed E-state index contributed by atoms with van der Waals surface area (Å²) in [6.45, 7) is 0. The van der Waals surface area contributed by atoms with Gasteiger partial charge in [-0.2, -0.15) is 0 Å². The van der Waals surface area contributed by atoms with Crippen molar-refractivity contribution in [2.75, 3.05) is 0 Å². The van der Waals surface area contributed by atoms with Gasteiger partial charge in [0.25, 0.3) is 0 Å². The van der Waals surface area contributed by atoms with Gasteiger partial charge in [0.15, 0.2) is 0 Å². The average molecular weight is 278 g/mol. The van der Waals surface area contributed by atoms with Crippen molar-refractivity contribution in [3.05, 3.63) is 106 Å². The van der Waals surface area contributed by atoms with Gasteiger partial charge < -0.3 is 0 Å². The predicted octanol–water partition coefficient (Wildman–Crippen LogP) is 5.02. The minimum Gasteiger partial charge on any atom is -0.0729 e. The van der Waals surface area contributed by atoms with Crippen LogP contribution in [0.15, 0.2) is 95.2 Å². The quantitative estimate of drug-likeness (QED) is 0.625. The van der Waals surface area contributed by atoms with Crippen molar-refractivity contribution >= 4 is 11.1 Å². The van der Waals surface area contributed by atoms with Crippen LogP contribution in [-0.4, -0.2) is 0 Å². The van der Waals surface area contributed by atoms with Crippen LogP contribution in [0, 0.1) is 11.8 Å². The van der Waals surface area contributed by atoms with Crippen molar-refractivity contribution in [2.24, 2.45) is 11.8 Å². The lowest BCUT2D eigenvalue weighted by molar-refractivity contribution is 0.797. The van der Waals surface area contributed by atoms with Crippen molar-refractivity contribution in [3.8, 4) is 0 Å². The Morgan fingerprint density at radius 1 is 0.591 bits per heavy atom. The van der Waals surface area contributed by atoms with Gasteiger partial charge in [-0.3, -0.25) is 0 Å². The number of allylic oxidation sites excluding steroid dienone is 14. The number of fused-ring (bicyclic) bond motifs is 7. The molecule has 0 nitrogen and oxygen atoms in total. The van der Waals surface area contributed by atoms with E-state index in [1.165, 1.54) is 39.0 Å². The lowest BCUT2D eigenvalue weighted by Gasteiger charge is -2.22. The highest BCUT2D eigenvalue weighted by Gasteiger charge is 2.47. The molecule has 0 aliphatic heterocycles. The average Bonchev–Trinajstić information content (AvgIpc) is 3.19. The Balaban J connectivity index is 1.79. The topological polar surface area (TPSA) is 0 Å². The van der Waals surface area contributed by atoms with E-state index in [9.17, 15) is 0 Å². The molecule has 5 aliphatic carbocycles. The van der Waals surface area contributed by atoms with Crippen LogP contribution in [0.4, 0.5) is 0 Å². The zero-order chi connectivity index (χ0) is 14.3. The first kappa shape index (κ1) is 11.0. The van der Waals surface area contributed by atoms with E-state index in [-0.39, 0.29) is 0 Å². The largest absolute Gasteiger partial charge is 0.0729 e. The molecular formula is C22H14. The van der Waals surface area contributed by atoms with Gasteiger partial charge in [-0.15, -0.1) is 0 Å². The molecular weight excluding hydrogens is 264 g/mol. The fourth-order valence-electron chi connectivity index (χ4n) is 4.81. The molecule has 0 aromatic heterocycles. The van der Waals surface area contributed by atoms with Crippen molar-refractivity contribution in [3.63, 3.8) is 0 Å². The van der Waals surface area contributed by atoms with Crippen molar-refractivity contribution in [1.82, 2.24) is 0 Å². The van der Waals surface area contributed by atoms with E-state index in [1.54, 1.807) is 5.57 Å². The number of hydrogen-bond donors (Lipinski definition) is 0. The second-order valence-electron chi connectivity index (χ2n) is 6.48.